The maximum absolute atomic E-state index is 9.96. The van der Waals surface area contributed by atoms with E-state index in [1.807, 2.05) is 26.0 Å². The molecule has 0 aliphatic heterocycles. The van der Waals surface area contributed by atoms with Crippen LogP contribution in [0.25, 0.3) is 0 Å². The first kappa shape index (κ1) is 11.3. The summed E-state index contributed by atoms with van der Waals surface area (Å²) in [7, 11) is 1.62. The standard InChI is InChI=1S/C11H18O3/c1-4-11(2,13-3)10(12)8-9-6-5-7-14-9/h5-7,10,12H,4,8H2,1-3H3. The van der Waals surface area contributed by atoms with Crippen molar-refractivity contribution in [1.82, 2.24) is 0 Å². The molecular formula is C11H18O3. The van der Waals surface area contributed by atoms with Crippen LogP contribution in [0.4, 0.5) is 0 Å². The smallest absolute Gasteiger partial charge is 0.106 e. The predicted molar refractivity (Wildman–Crippen MR) is 54.1 cm³/mol. The van der Waals surface area contributed by atoms with E-state index >= 15 is 0 Å². The van der Waals surface area contributed by atoms with Crippen molar-refractivity contribution >= 4 is 0 Å². The zero-order valence-electron chi connectivity index (χ0n) is 8.99. The fourth-order valence-electron chi connectivity index (χ4n) is 1.35. The molecular weight excluding hydrogens is 180 g/mol. The van der Waals surface area contributed by atoms with Gasteiger partial charge in [-0.1, -0.05) is 6.92 Å². The van der Waals surface area contributed by atoms with Crippen molar-refractivity contribution in [2.75, 3.05) is 7.11 Å². The number of hydrogen-bond acceptors (Lipinski definition) is 3. The van der Waals surface area contributed by atoms with E-state index in [1.165, 1.54) is 0 Å². The van der Waals surface area contributed by atoms with Gasteiger partial charge in [-0.15, -0.1) is 0 Å². The third kappa shape index (κ3) is 2.36. The van der Waals surface area contributed by atoms with Gasteiger partial charge in [-0.3, -0.25) is 0 Å². The van der Waals surface area contributed by atoms with E-state index in [0.29, 0.717) is 6.42 Å². The van der Waals surface area contributed by atoms with E-state index < -0.39 is 11.7 Å². The fourth-order valence-corrected chi connectivity index (χ4v) is 1.35. The molecule has 2 unspecified atom stereocenters. The minimum atomic E-state index is -0.538. The normalized spacial score (nSPS) is 17.7. The van der Waals surface area contributed by atoms with Crippen LogP contribution in [0.1, 0.15) is 26.0 Å². The third-order valence-electron chi connectivity index (χ3n) is 2.85. The molecule has 0 aliphatic rings. The predicted octanol–water partition coefficient (Wildman–Crippen LogP) is 2.00. The lowest BCUT2D eigenvalue weighted by atomic mass is 9.93. The quantitative estimate of drug-likeness (QED) is 0.786. The molecule has 1 N–H and O–H groups in total. The zero-order valence-corrected chi connectivity index (χ0v) is 8.99. The third-order valence-corrected chi connectivity index (χ3v) is 2.85. The molecule has 3 heteroatoms. The summed E-state index contributed by atoms with van der Waals surface area (Å²) in [4.78, 5) is 0. The molecule has 1 heterocycles. The topological polar surface area (TPSA) is 42.6 Å². The van der Waals surface area contributed by atoms with Gasteiger partial charge in [-0.2, -0.15) is 0 Å². The van der Waals surface area contributed by atoms with Crippen molar-refractivity contribution in [1.29, 1.82) is 0 Å². The summed E-state index contributed by atoms with van der Waals surface area (Å²) < 4.78 is 10.5. The van der Waals surface area contributed by atoms with Gasteiger partial charge >= 0.3 is 0 Å². The molecule has 0 aliphatic carbocycles. The first-order chi connectivity index (χ1) is 6.62. The molecule has 0 aromatic carbocycles. The second-order valence-corrected chi connectivity index (χ2v) is 3.67. The van der Waals surface area contributed by atoms with Gasteiger partial charge in [-0.05, 0) is 25.5 Å². The number of ether oxygens (including phenoxy) is 1. The summed E-state index contributed by atoms with van der Waals surface area (Å²) in [5, 5.41) is 9.96. The molecule has 0 amide bonds. The average molecular weight is 198 g/mol. The Bertz CT molecular complexity index is 250. The highest BCUT2D eigenvalue weighted by molar-refractivity contribution is 5.02. The van der Waals surface area contributed by atoms with Crippen LogP contribution in [0.15, 0.2) is 22.8 Å². The molecule has 2 atom stereocenters. The van der Waals surface area contributed by atoms with Gasteiger partial charge in [-0.25, -0.2) is 0 Å². The molecule has 1 aromatic rings. The highest BCUT2D eigenvalue weighted by atomic mass is 16.5. The molecule has 0 bridgehead atoms. The second kappa shape index (κ2) is 4.62. The van der Waals surface area contributed by atoms with Gasteiger partial charge < -0.3 is 14.3 Å². The molecule has 0 radical (unpaired) electrons. The molecule has 3 nitrogen and oxygen atoms in total. The first-order valence-corrected chi connectivity index (χ1v) is 4.88. The van der Waals surface area contributed by atoms with Gasteiger partial charge in [0.25, 0.3) is 0 Å². The van der Waals surface area contributed by atoms with Crippen LogP contribution in [-0.4, -0.2) is 23.9 Å². The number of rotatable bonds is 5. The maximum Gasteiger partial charge on any atom is 0.106 e. The van der Waals surface area contributed by atoms with Gasteiger partial charge in [0.15, 0.2) is 0 Å². The number of furan rings is 1. The Hall–Kier alpha value is -0.800. The molecule has 80 valence electrons. The van der Waals surface area contributed by atoms with Crippen molar-refractivity contribution in [3.63, 3.8) is 0 Å². The van der Waals surface area contributed by atoms with E-state index in [2.05, 4.69) is 0 Å². The van der Waals surface area contributed by atoms with Gasteiger partial charge in [0.2, 0.25) is 0 Å². The number of hydrogen-bond donors (Lipinski definition) is 1. The SMILES string of the molecule is CCC(C)(OC)C(O)Cc1ccco1. The van der Waals surface area contributed by atoms with Crippen molar-refractivity contribution in [3.05, 3.63) is 24.2 Å². The minimum Gasteiger partial charge on any atom is -0.469 e. The number of aliphatic hydroxyl groups is 1. The van der Waals surface area contributed by atoms with Crippen molar-refractivity contribution in [2.45, 2.75) is 38.4 Å². The lowest BCUT2D eigenvalue weighted by molar-refractivity contribution is -0.0928. The fraction of sp³-hybridized carbons (Fsp3) is 0.636. The summed E-state index contributed by atoms with van der Waals surface area (Å²) in [5.74, 6) is 0.786. The van der Waals surface area contributed by atoms with Crippen molar-refractivity contribution < 1.29 is 14.3 Å². The van der Waals surface area contributed by atoms with Crippen molar-refractivity contribution in [2.24, 2.45) is 0 Å². The van der Waals surface area contributed by atoms with Gasteiger partial charge in [0, 0.05) is 13.5 Å². The van der Waals surface area contributed by atoms with E-state index in [-0.39, 0.29) is 0 Å². The summed E-state index contributed by atoms with van der Waals surface area (Å²) in [6, 6.07) is 3.67. The highest BCUT2D eigenvalue weighted by Crippen LogP contribution is 2.22. The maximum atomic E-state index is 9.96. The van der Waals surface area contributed by atoms with Crippen LogP contribution in [0.2, 0.25) is 0 Å². The first-order valence-electron chi connectivity index (χ1n) is 4.88. The number of aliphatic hydroxyl groups excluding tert-OH is 1. The summed E-state index contributed by atoms with van der Waals surface area (Å²) in [5.41, 5.74) is -0.493. The zero-order chi connectivity index (χ0) is 10.6. The summed E-state index contributed by atoms with van der Waals surface area (Å²) in [6.07, 6.45) is 2.33. The second-order valence-electron chi connectivity index (χ2n) is 3.67. The Kier molecular flexibility index (Phi) is 3.72. The van der Waals surface area contributed by atoms with Gasteiger partial charge in [0.05, 0.1) is 18.0 Å². The van der Waals surface area contributed by atoms with E-state index in [1.54, 1.807) is 13.4 Å². The Morgan fingerprint density at radius 3 is 2.79 bits per heavy atom. The van der Waals surface area contributed by atoms with E-state index in [9.17, 15) is 5.11 Å². The molecule has 14 heavy (non-hydrogen) atoms. The monoisotopic (exact) mass is 198 g/mol. The molecule has 0 saturated carbocycles. The largest absolute Gasteiger partial charge is 0.469 e. The summed E-state index contributed by atoms with van der Waals surface area (Å²) >= 11 is 0. The summed E-state index contributed by atoms with van der Waals surface area (Å²) in [6.45, 7) is 3.90. The Morgan fingerprint density at radius 1 is 1.64 bits per heavy atom. The van der Waals surface area contributed by atoms with Crippen LogP contribution in [0.5, 0.6) is 0 Å². The molecule has 1 rings (SSSR count). The highest BCUT2D eigenvalue weighted by Gasteiger charge is 2.31. The number of methoxy groups -OCH3 is 1. The van der Waals surface area contributed by atoms with Crippen LogP contribution < -0.4 is 0 Å². The molecule has 0 saturated heterocycles. The van der Waals surface area contributed by atoms with Crippen LogP contribution in [0.3, 0.4) is 0 Å². The molecule has 0 spiro atoms. The van der Waals surface area contributed by atoms with Crippen molar-refractivity contribution in [3.8, 4) is 0 Å². The Morgan fingerprint density at radius 2 is 2.36 bits per heavy atom. The molecule has 1 aromatic heterocycles. The lowest BCUT2D eigenvalue weighted by Crippen LogP contribution is -2.41. The lowest BCUT2D eigenvalue weighted by Gasteiger charge is -2.31. The van der Waals surface area contributed by atoms with E-state index in [0.717, 1.165) is 12.2 Å². The van der Waals surface area contributed by atoms with Crippen LogP contribution in [0, 0.1) is 0 Å². The Labute approximate surface area is 84.7 Å². The van der Waals surface area contributed by atoms with Crippen LogP contribution in [-0.2, 0) is 11.2 Å². The minimum absolute atomic E-state index is 0.491. The van der Waals surface area contributed by atoms with Gasteiger partial charge in [0.1, 0.15) is 5.76 Å². The average Bonchev–Trinajstić information content (AvgIpc) is 2.69. The molecule has 0 fully saturated rings. The van der Waals surface area contributed by atoms with Crippen LogP contribution >= 0.6 is 0 Å². The van der Waals surface area contributed by atoms with E-state index in [4.69, 9.17) is 9.15 Å². The Balaban J connectivity index is 2.60.